The summed E-state index contributed by atoms with van der Waals surface area (Å²) in [5.74, 6) is 0.827. The van der Waals surface area contributed by atoms with Crippen LogP contribution >= 0.6 is 11.6 Å². The molecule has 0 radical (unpaired) electrons. The average Bonchev–Trinajstić information content (AvgIpc) is 2.61. The number of rotatable bonds is 8. The molecule has 0 aromatic heterocycles. The molecule has 1 heterocycles. The number of nitrogens with one attached hydrogen (secondary N) is 1. The molecule has 0 unspecified atom stereocenters. The van der Waals surface area contributed by atoms with E-state index in [2.05, 4.69) is 11.6 Å². The third kappa shape index (κ3) is 5.84. The minimum atomic E-state index is -3.67. The first kappa shape index (κ1) is 21.0. The van der Waals surface area contributed by atoms with Gasteiger partial charge in [0.1, 0.15) is 5.75 Å². The van der Waals surface area contributed by atoms with Crippen molar-refractivity contribution in [3.63, 3.8) is 0 Å². The van der Waals surface area contributed by atoms with E-state index in [1.165, 1.54) is 25.3 Å². The Morgan fingerprint density at radius 3 is 2.65 bits per heavy atom. The molecule has 146 valence electrons. The fourth-order valence-electron chi connectivity index (χ4n) is 2.62. The van der Waals surface area contributed by atoms with Crippen molar-refractivity contribution in [3.05, 3.63) is 23.2 Å². The second-order valence-electron chi connectivity index (χ2n) is 6.33. The van der Waals surface area contributed by atoms with Crippen LogP contribution in [-0.4, -0.2) is 59.2 Å². The summed E-state index contributed by atoms with van der Waals surface area (Å²) in [6.07, 6.45) is 1.99. The first-order valence-electron chi connectivity index (χ1n) is 8.52. The second-order valence-corrected chi connectivity index (χ2v) is 8.51. The van der Waals surface area contributed by atoms with Gasteiger partial charge in [0.15, 0.2) is 6.61 Å². The predicted octanol–water partition coefficient (Wildman–Crippen LogP) is 1.90. The number of halogens is 1. The van der Waals surface area contributed by atoms with E-state index in [-0.39, 0.29) is 41.3 Å². The van der Waals surface area contributed by atoms with Crippen LogP contribution in [0.15, 0.2) is 23.1 Å². The number of amides is 1. The predicted molar refractivity (Wildman–Crippen MR) is 99.0 cm³/mol. The van der Waals surface area contributed by atoms with Crippen LogP contribution in [0.3, 0.4) is 0 Å². The lowest BCUT2D eigenvalue weighted by Gasteiger charge is -2.30. The van der Waals surface area contributed by atoms with Gasteiger partial charge in [0.05, 0.1) is 16.5 Å². The first-order chi connectivity index (χ1) is 12.3. The highest BCUT2D eigenvalue weighted by Crippen LogP contribution is 2.27. The Bertz CT molecular complexity index is 718. The summed E-state index contributed by atoms with van der Waals surface area (Å²) in [6, 6.07) is 4.15. The number of likely N-dealkylation sites (tertiary alicyclic amines) is 1. The zero-order chi connectivity index (χ0) is 19.2. The van der Waals surface area contributed by atoms with Gasteiger partial charge in [0.25, 0.3) is 5.91 Å². The molecule has 26 heavy (non-hydrogen) atoms. The Morgan fingerprint density at radius 2 is 2.04 bits per heavy atom. The molecule has 2 rings (SSSR count). The highest BCUT2D eigenvalue weighted by Gasteiger charge is 2.21. The van der Waals surface area contributed by atoms with Gasteiger partial charge < -0.3 is 14.4 Å². The van der Waals surface area contributed by atoms with Crippen LogP contribution in [0.4, 0.5) is 0 Å². The molecule has 1 N–H and O–H groups in total. The molecule has 0 bridgehead atoms. The van der Waals surface area contributed by atoms with Crippen LogP contribution in [0, 0.1) is 5.92 Å². The van der Waals surface area contributed by atoms with E-state index >= 15 is 0 Å². The summed E-state index contributed by atoms with van der Waals surface area (Å²) >= 11 is 6.12. The van der Waals surface area contributed by atoms with Crippen molar-refractivity contribution in [2.75, 3.05) is 40.0 Å². The topological polar surface area (TPSA) is 84.9 Å². The van der Waals surface area contributed by atoms with Crippen molar-refractivity contribution in [3.8, 4) is 5.75 Å². The number of carbonyl (C=O) groups excluding carboxylic acids is 1. The van der Waals surface area contributed by atoms with Gasteiger partial charge >= 0.3 is 0 Å². The third-order valence-electron chi connectivity index (χ3n) is 4.30. The van der Waals surface area contributed by atoms with Crippen LogP contribution in [0.2, 0.25) is 5.02 Å². The van der Waals surface area contributed by atoms with E-state index in [1.807, 2.05) is 0 Å². The van der Waals surface area contributed by atoms with E-state index in [0.29, 0.717) is 5.92 Å². The molecule has 1 fully saturated rings. The van der Waals surface area contributed by atoms with Gasteiger partial charge in [-0.1, -0.05) is 18.5 Å². The molecule has 0 aliphatic carbocycles. The Balaban J connectivity index is 1.94. The molecule has 1 amide bonds. The van der Waals surface area contributed by atoms with Crippen LogP contribution in [0.5, 0.6) is 5.75 Å². The van der Waals surface area contributed by atoms with E-state index in [1.54, 1.807) is 4.90 Å². The smallest absolute Gasteiger partial charge is 0.260 e. The molecule has 1 aliphatic heterocycles. The fraction of sp³-hybridized carbons (Fsp3) is 0.588. The highest BCUT2D eigenvalue weighted by molar-refractivity contribution is 7.89. The van der Waals surface area contributed by atoms with E-state index in [4.69, 9.17) is 21.1 Å². The molecule has 0 saturated carbocycles. The molecule has 9 heteroatoms. The summed E-state index contributed by atoms with van der Waals surface area (Å²) < 4.78 is 37.0. The lowest BCUT2D eigenvalue weighted by Crippen LogP contribution is -2.40. The Labute approximate surface area is 159 Å². The van der Waals surface area contributed by atoms with Crippen molar-refractivity contribution < 1.29 is 22.7 Å². The van der Waals surface area contributed by atoms with E-state index < -0.39 is 10.0 Å². The van der Waals surface area contributed by atoms with Gasteiger partial charge in [0, 0.05) is 26.7 Å². The summed E-state index contributed by atoms with van der Waals surface area (Å²) in [5.41, 5.74) is 0. The molecule has 7 nitrogen and oxygen atoms in total. The van der Waals surface area contributed by atoms with Crippen LogP contribution < -0.4 is 9.46 Å². The number of piperidine rings is 1. The SMILES string of the molecule is COCCNS(=O)(=O)c1ccc(OCC(=O)N2CCC(C)CC2)c(Cl)c1. The number of hydrogen-bond donors (Lipinski definition) is 1. The van der Waals surface area contributed by atoms with Crippen molar-refractivity contribution in [2.24, 2.45) is 5.92 Å². The maximum absolute atomic E-state index is 12.2. The summed E-state index contributed by atoms with van der Waals surface area (Å²) in [6.45, 7) is 3.97. The minimum absolute atomic E-state index is 0.0299. The van der Waals surface area contributed by atoms with Crippen molar-refractivity contribution in [2.45, 2.75) is 24.7 Å². The zero-order valence-electron chi connectivity index (χ0n) is 15.0. The Hall–Kier alpha value is -1.35. The largest absolute Gasteiger partial charge is 0.482 e. The molecular weight excluding hydrogens is 380 g/mol. The van der Waals surface area contributed by atoms with Gasteiger partial charge in [-0.05, 0) is 37.0 Å². The zero-order valence-corrected chi connectivity index (χ0v) is 16.6. The Kier molecular flexibility index (Phi) is 7.69. The van der Waals surface area contributed by atoms with Crippen molar-refractivity contribution >= 4 is 27.5 Å². The second kappa shape index (κ2) is 9.55. The number of ether oxygens (including phenoxy) is 2. The van der Waals surface area contributed by atoms with Gasteiger partial charge in [-0.25, -0.2) is 13.1 Å². The van der Waals surface area contributed by atoms with Gasteiger partial charge in [-0.2, -0.15) is 0 Å². The van der Waals surface area contributed by atoms with Gasteiger partial charge in [-0.3, -0.25) is 4.79 Å². The quantitative estimate of drug-likeness (QED) is 0.669. The summed E-state index contributed by atoms with van der Waals surface area (Å²) in [7, 11) is -2.18. The normalized spacial score (nSPS) is 15.9. The maximum Gasteiger partial charge on any atom is 0.260 e. The molecule has 0 atom stereocenters. The van der Waals surface area contributed by atoms with Crippen molar-refractivity contribution in [1.82, 2.24) is 9.62 Å². The summed E-state index contributed by atoms with van der Waals surface area (Å²) in [5, 5.41) is 0.139. The van der Waals surface area contributed by atoms with Gasteiger partial charge in [-0.15, -0.1) is 0 Å². The van der Waals surface area contributed by atoms with Crippen LogP contribution in [0.1, 0.15) is 19.8 Å². The lowest BCUT2D eigenvalue weighted by molar-refractivity contribution is -0.134. The Morgan fingerprint density at radius 1 is 1.35 bits per heavy atom. The molecule has 1 saturated heterocycles. The first-order valence-corrected chi connectivity index (χ1v) is 10.4. The monoisotopic (exact) mass is 404 g/mol. The molecule has 1 aromatic rings. The molecule has 1 aliphatic rings. The van der Waals surface area contributed by atoms with E-state index in [0.717, 1.165) is 25.9 Å². The van der Waals surface area contributed by atoms with Gasteiger partial charge in [0.2, 0.25) is 10.0 Å². The maximum atomic E-state index is 12.2. The fourth-order valence-corrected chi connectivity index (χ4v) is 3.95. The number of benzene rings is 1. The summed E-state index contributed by atoms with van der Waals surface area (Å²) in [4.78, 5) is 14.0. The average molecular weight is 405 g/mol. The van der Waals surface area contributed by atoms with Crippen LogP contribution in [-0.2, 0) is 19.6 Å². The lowest BCUT2D eigenvalue weighted by atomic mass is 9.99. The molecule has 1 aromatic carbocycles. The number of methoxy groups -OCH3 is 1. The minimum Gasteiger partial charge on any atom is -0.482 e. The molecular formula is C17H25ClN2O5S. The number of hydrogen-bond acceptors (Lipinski definition) is 5. The number of sulfonamides is 1. The van der Waals surface area contributed by atoms with Crippen LogP contribution in [0.25, 0.3) is 0 Å². The standard InChI is InChI=1S/C17H25ClN2O5S/c1-13-5-8-20(9-6-13)17(21)12-25-16-4-3-14(11-15(16)18)26(22,23)19-7-10-24-2/h3-4,11,13,19H,5-10,12H2,1-2H3. The highest BCUT2D eigenvalue weighted by atomic mass is 35.5. The molecule has 0 spiro atoms. The van der Waals surface area contributed by atoms with E-state index in [9.17, 15) is 13.2 Å². The number of carbonyl (C=O) groups is 1. The van der Waals surface area contributed by atoms with Crippen molar-refractivity contribution in [1.29, 1.82) is 0 Å². The number of nitrogens with zero attached hydrogens (tertiary/aromatic N) is 1. The third-order valence-corrected chi connectivity index (χ3v) is 6.05.